The van der Waals surface area contributed by atoms with Gasteiger partial charge in [0.15, 0.2) is 5.82 Å². The molecule has 1 aliphatic heterocycles. The third kappa shape index (κ3) is 7.21. The zero-order chi connectivity index (χ0) is 25.3. The first-order valence-corrected chi connectivity index (χ1v) is 13.9. The Bertz CT molecular complexity index is 1060. The number of aromatic nitrogens is 3. The molecule has 0 atom stereocenters. The molecule has 0 bridgehead atoms. The molecule has 2 aromatic heterocycles. The summed E-state index contributed by atoms with van der Waals surface area (Å²) in [5.74, 6) is 1.91. The summed E-state index contributed by atoms with van der Waals surface area (Å²) in [4.78, 5) is 19.3. The van der Waals surface area contributed by atoms with Crippen LogP contribution in [0.15, 0.2) is 54.9 Å². The van der Waals surface area contributed by atoms with Crippen molar-refractivity contribution >= 4 is 0 Å². The van der Waals surface area contributed by atoms with Gasteiger partial charge in [0.1, 0.15) is 0 Å². The smallest absolute Gasteiger partial charge is 0.159 e. The SMILES string of the molecule is CCC(CC)c1cc(CCN2CCCN(Cc3ccc(C(C)C)cc3)CC2)nc(-c2ccncc2)n1. The molecule has 192 valence electrons. The molecule has 0 amide bonds. The van der Waals surface area contributed by atoms with E-state index in [-0.39, 0.29) is 0 Å². The Morgan fingerprint density at radius 1 is 0.833 bits per heavy atom. The van der Waals surface area contributed by atoms with Crippen molar-refractivity contribution in [1.82, 2.24) is 24.8 Å². The Labute approximate surface area is 218 Å². The minimum atomic E-state index is 0.480. The van der Waals surface area contributed by atoms with Crippen molar-refractivity contribution in [2.75, 3.05) is 32.7 Å². The van der Waals surface area contributed by atoms with Crippen LogP contribution in [-0.2, 0) is 13.0 Å². The van der Waals surface area contributed by atoms with Crippen LogP contribution < -0.4 is 0 Å². The Hall–Kier alpha value is -2.63. The highest BCUT2D eigenvalue weighted by Gasteiger charge is 2.17. The molecule has 36 heavy (non-hydrogen) atoms. The van der Waals surface area contributed by atoms with Gasteiger partial charge in [-0.05, 0) is 67.6 Å². The molecular weight excluding hydrogens is 442 g/mol. The van der Waals surface area contributed by atoms with Gasteiger partial charge in [0.2, 0.25) is 0 Å². The van der Waals surface area contributed by atoms with Gasteiger partial charge >= 0.3 is 0 Å². The lowest BCUT2D eigenvalue weighted by molar-refractivity contribution is 0.252. The van der Waals surface area contributed by atoms with Crippen LogP contribution in [0, 0.1) is 0 Å². The topological polar surface area (TPSA) is 45.2 Å². The van der Waals surface area contributed by atoms with Crippen molar-refractivity contribution in [3.63, 3.8) is 0 Å². The van der Waals surface area contributed by atoms with Gasteiger partial charge in [-0.3, -0.25) is 9.88 Å². The molecule has 4 rings (SSSR count). The Balaban J connectivity index is 1.38. The van der Waals surface area contributed by atoms with E-state index in [4.69, 9.17) is 9.97 Å². The number of nitrogens with zero attached hydrogens (tertiary/aromatic N) is 5. The van der Waals surface area contributed by atoms with E-state index in [9.17, 15) is 0 Å². The summed E-state index contributed by atoms with van der Waals surface area (Å²) >= 11 is 0. The molecule has 0 N–H and O–H groups in total. The summed E-state index contributed by atoms with van der Waals surface area (Å²) in [5.41, 5.74) is 6.23. The molecule has 1 aliphatic rings. The number of hydrogen-bond donors (Lipinski definition) is 0. The maximum Gasteiger partial charge on any atom is 0.159 e. The number of rotatable bonds is 10. The van der Waals surface area contributed by atoms with Crippen LogP contribution in [-0.4, -0.2) is 57.5 Å². The van der Waals surface area contributed by atoms with Crippen LogP contribution in [0.2, 0.25) is 0 Å². The summed E-state index contributed by atoms with van der Waals surface area (Å²) in [6, 6.07) is 15.5. The number of pyridine rings is 1. The highest BCUT2D eigenvalue weighted by atomic mass is 15.2. The molecular formula is C31H43N5. The van der Waals surface area contributed by atoms with Crippen molar-refractivity contribution in [3.05, 3.63) is 77.4 Å². The Morgan fingerprint density at radius 2 is 1.53 bits per heavy atom. The van der Waals surface area contributed by atoms with E-state index in [0.29, 0.717) is 11.8 Å². The molecule has 5 heteroatoms. The van der Waals surface area contributed by atoms with Crippen molar-refractivity contribution in [2.45, 2.75) is 71.8 Å². The maximum atomic E-state index is 4.98. The average molecular weight is 486 g/mol. The fourth-order valence-electron chi connectivity index (χ4n) is 5.14. The van der Waals surface area contributed by atoms with Gasteiger partial charge < -0.3 is 4.90 Å². The first kappa shape index (κ1) is 26.4. The van der Waals surface area contributed by atoms with E-state index in [1.54, 1.807) is 0 Å². The minimum Gasteiger partial charge on any atom is -0.302 e. The molecule has 0 spiro atoms. The normalized spacial score (nSPS) is 15.5. The van der Waals surface area contributed by atoms with Crippen molar-refractivity contribution in [3.8, 4) is 11.4 Å². The second-order valence-electron chi connectivity index (χ2n) is 10.5. The summed E-state index contributed by atoms with van der Waals surface area (Å²) in [5, 5.41) is 0. The summed E-state index contributed by atoms with van der Waals surface area (Å²) in [6.45, 7) is 15.7. The average Bonchev–Trinajstić information content (AvgIpc) is 3.14. The van der Waals surface area contributed by atoms with E-state index in [1.165, 1.54) is 29.8 Å². The summed E-state index contributed by atoms with van der Waals surface area (Å²) in [6.07, 6.45) is 8.03. The van der Waals surface area contributed by atoms with Crippen molar-refractivity contribution in [2.24, 2.45) is 0 Å². The molecule has 5 nitrogen and oxygen atoms in total. The summed E-state index contributed by atoms with van der Waals surface area (Å²) in [7, 11) is 0. The lowest BCUT2D eigenvalue weighted by atomic mass is 9.98. The Kier molecular flexibility index (Phi) is 9.60. The quantitative estimate of drug-likeness (QED) is 0.336. The largest absolute Gasteiger partial charge is 0.302 e. The van der Waals surface area contributed by atoms with Crippen LogP contribution in [0.4, 0.5) is 0 Å². The van der Waals surface area contributed by atoms with Gasteiger partial charge in [0.25, 0.3) is 0 Å². The zero-order valence-electron chi connectivity index (χ0n) is 22.7. The molecule has 1 fully saturated rings. The molecule has 0 aliphatic carbocycles. The van der Waals surface area contributed by atoms with Crippen LogP contribution in [0.3, 0.4) is 0 Å². The van der Waals surface area contributed by atoms with Crippen LogP contribution in [0.5, 0.6) is 0 Å². The second-order valence-corrected chi connectivity index (χ2v) is 10.5. The molecule has 3 heterocycles. The molecule has 3 aromatic rings. The molecule has 1 aromatic carbocycles. The van der Waals surface area contributed by atoms with Gasteiger partial charge in [0.05, 0.1) is 0 Å². The van der Waals surface area contributed by atoms with E-state index >= 15 is 0 Å². The zero-order valence-corrected chi connectivity index (χ0v) is 22.7. The molecule has 1 saturated heterocycles. The van der Waals surface area contributed by atoms with E-state index in [2.05, 4.69) is 72.8 Å². The minimum absolute atomic E-state index is 0.480. The van der Waals surface area contributed by atoms with E-state index < -0.39 is 0 Å². The first-order valence-electron chi connectivity index (χ1n) is 13.9. The fraction of sp³-hybridized carbons (Fsp3) is 0.516. The standard InChI is InChI=1S/C31H43N5/c1-5-26(6-2)30-22-29(33-31(34-30)28-12-15-32-16-13-28)14-19-35-17-7-18-36(21-20-35)23-25-8-10-27(11-9-25)24(3)4/h8-13,15-16,22,24,26H,5-7,14,17-21,23H2,1-4H3. The van der Waals surface area contributed by atoms with E-state index in [0.717, 1.165) is 69.1 Å². The fourth-order valence-corrected chi connectivity index (χ4v) is 5.14. The number of benzene rings is 1. The molecule has 0 saturated carbocycles. The number of hydrogen-bond acceptors (Lipinski definition) is 5. The second kappa shape index (κ2) is 13.1. The highest BCUT2D eigenvalue weighted by Crippen LogP contribution is 2.25. The van der Waals surface area contributed by atoms with Gasteiger partial charge in [-0.25, -0.2) is 9.97 Å². The summed E-state index contributed by atoms with van der Waals surface area (Å²) < 4.78 is 0. The maximum absolute atomic E-state index is 4.98. The molecule has 0 unspecified atom stereocenters. The lowest BCUT2D eigenvalue weighted by Crippen LogP contribution is -2.32. The van der Waals surface area contributed by atoms with Gasteiger partial charge in [-0.1, -0.05) is 52.0 Å². The van der Waals surface area contributed by atoms with Crippen molar-refractivity contribution in [1.29, 1.82) is 0 Å². The van der Waals surface area contributed by atoms with Gasteiger partial charge in [-0.15, -0.1) is 0 Å². The van der Waals surface area contributed by atoms with Crippen LogP contribution in [0.25, 0.3) is 11.4 Å². The van der Waals surface area contributed by atoms with Gasteiger partial charge in [0, 0.05) is 67.9 Å². The first-order chi connectivity index (χ1) is 17.6. The predicted molar refractivity (Wildman–Crippen MR) is 149 cm³/mol. The predicted octanol–water partition coefficient (Wildman–Crippen LogP) is 6.32. The monoisotopic (exact) mass is 485 g/mol. The Morgan fingerprint density at radius 3 is 2.22 bits per heavy atom. The highest BCUT2D eigenvalue weighted by molar-refractivity contribution is 5.54. The lowest BCUT2D eigenvalue weighted by Gasteiger charge is -2.22. The van der Waals surface area contributed by atoms with Crippen molar-refractivity contribution < 1.29 is 0 Å². The van der Waals surface area contributed by atoms with Crippen LogP contribution in [0.1, 0.15) is 81.3 Å². The van der Waals surface area contributed by atoms with Gasteiger partial charge in [-0.2, -0.15) is 0 Å². The third-order valence-corrected chi connectivity index (χ3v) is 7.56. The van der Waals surface area contributed by atoms with Crippen LogP contribution >= 0.6 is 0 Å². The van der Waals surface area contributed by atoms with E-state index in [1.807, 2.05) is 24.5 Å². The molecule has 0 radical (unpaired) electrons. The third-order valence-electron chi connectivity index (χ3n) is 7.56.